The summed E-state index contributed by atoms with van der Waals surface area (Å²) < 4.78 is 9.22. The van der Waals surface area contributed by atoms with Crippen LogP contribution in [0.3, 0.4) is 0 Å². The molecule has 0 amide bonds. The highest BCUT2D eigenvalue weighted by molar-refractivity contribution is 5.72. The quantitative estimate of drug-likeness (QED) is 0.574. The molecule has 4 nitrogen and oxygen atoms in total. The summed E-state index contributed by atoms with van der Waals surface area (Å²) in [6, 6.07) is 0. The van der Waals surface area contributed by atoms with Crippen molar-refractivity contribution in [3.8, 4) is 0 Å². The summed E-state index contributed by atoms with van der Waals surface area (Å²) in [6.45, 7) is 5.48. The molecule has 0 aliphatic heterocycles. The molecule has 0 aromatic carbocycles. The van der Waals surface area contributed by atoms with Gasteiger partial charge in [-0.1, -0.05) is 0 Å². The first-order valence-electron chi connectivity index (χ1n) is 3.81. The lowest BCUT2D eigenvalue weighted by atomic mass is 10.4. The van der Waals surface area contributed by atoms with Crippen LogP contribution in [-0.4, -0.2) is 25.2 Å². The van der Waals surface area contributed by atoms with Crippen molar-refractivity contribution in [2.24, 2.45) is 0 Å². The van der Waals surface area contributed by atoms with Crippen LogP contribution in [0.15, 0.2) is 0 Å². The summed E-state index contributed by atoms with van der Waals surface area (Å²) in [5.74, 6) is -0.756. The Hall–Kier alpha value is -1.06. The zero-order valence-electron chi connectivity index (χ0n) is 7.17. The molecular weight excluding hydrogens is 160 g/mol. The first kappa shape index (κ1) is 10.9. The maximum atomic E-state index is 10.7. The second kappa shape index (κ2) is 6.64. The maximum absolute atomic E-state index is 10.7. The summed E-state index contributed by atoms with van der Waals surface area (Å²) in [6.07, 6.45) is 0.197. The molecule has 12 heavy (non-hydrogen) atoms. The van der Waals surface area contributed by atoms with Crippen LogP contribution in [0.5, 0.6) is 0 Å². The van der Waals surface area contributed by atoms with Crippen LogP contribution in [0.1, 0.15) is 19.8 Å². The average Bonchev–Trinajstić information content (AvgIpc) is 2.04. The van der Waals surface area contributed by atoms with Gasteiger partial charge in [-0.2, -0.15) is 0 Å². The van der Waals surface area contributed by atoms with Gasteiger partial charge in [0.15, 0.2) is 0 Å². The average molecular weight is 173 g/mol. The first-order valence-corrected chi connectivity index (χ1v) is 3.81. The molecule has 0 aliphatic carbocycles. The highest BCUT2D eigenvalue weighted by Crippen LogP contribution is 1.90. The Morgan fingerprint density at radius 3 is 2.42 bits per heavy atom. The Kier molecular flexibility index (Phi) is 6.05. The van der Waals surface area contributed by atoms with E-state index in [1.54, 1.807) is 6.92 Å². The van der Waals surface area contributed by atoms with E-state index in [2.05, 4.69) is 16.4 Å². The van der Waals surface area contributed by atoms with Crippen LogP contribution in [0.4, 0.5) is 0 Å². The normalized spacial score (nSPS) is 9.17. The van der Waals surface area contributed by atoms with E-state index in [-0.39, 0.29) is 25.4 Å². The number of ether oxygens (including phenoxy) is 2. The number of carbonyl (C=O) groups is 2. The van der Waals surface area contributed by atoms with Crippen molar-refractivity contribution >= 4 is 11.9 Å². The fourth-order valence-electron chi connectivity index (χ4n) is 0.554. The molecule has 4 heteroatoms. The van der Waals surface area contributed by atoms with Crippen LogP contribution < -0.4 is 0 Å². The summed E-state index contributed by atoms with van der Waals surface area (Å²) in [4.78, 5) is 21.2. The standard InChI is InChI=1S/C8H13O4/c1-3-7(9)12-6-5-8(10)11-4-2/h1,3-6H2,2H3. The third-order valence-corrected chi connectivity index (χ3v) is 1.08. The Morgan fingerprint density at radius 1 is 1.25 bits per heavy atom. The van der Waals surface area contributed by atoms with E-state index in [0.717, 1.165) is 0 Å². The second-order valence-electron chi connectivity index (χ2n) is 2.03. The van der Waals surface area contributed by atoms with E-state index in [9.17, 15) is 9.59 Å². The van der Waals surface area contributed by atoms with E-state index in [0.29, 0.717) is 6.61 Å². The summed E-state index contributed by atoms with van der Waals surface area (Å²) in [5, 5.41) is 0. The number of hydrogen-bond acceptors (Lipinski definition) is 4. The third kappa shape index (κ3) is 5.70. The van der Waals surface area contributed by atoms with Crippen molar-refractivity contribution in [2.75, 3.05) is 13.2 Å². The minimum atomic E-state index is -0.403. The second-order valence-corrected chi connectivity index (χ2v) is 2.03. The smallest absolute Gasteiger partial charge is 0.309 e. The number of esters is 2. The van der Waals surface area contributed by atoms with E-state index in [1.165, 1.54) is 0 Å². The lowest BCUT2D eigenvalue weighted by molar-refractivity contribution is -0.148. The van der Waals surface area contributed by atoms with Gasteiger partial charge in [-0.05, 0) is 13.8 Å². The highest BCUT2D eigenvalue weighted by Gasteiger charge is 2.03. The van der Waals surface area contributed by atoms with Crippen LogP contribution in [0.25, 0.3) is 0 Å². The largest absolute Gasteiger partial charge is 0.466 e. The molecule has 0 heterocycles. The fraction of sp³-hybridized carbons (Fsp3) is 0.625. The van der Waals surface area contributed by atoms with Crippen LogP contribution in [0, 0.1) is 6.92 Å². The predicted octanol–water partition coefficient (Wildman–Crippen LogP) is 0.707. The minimum absolute atomic E-state index is 0.0766. The molecule has 0 aromatic heterocycles. The van der Waals surface area contributed by atoms with Crippen molar-refractivity contribution in [1.82, 2.24) is 0 Å². The summed E-state index contributed by atoms with van der Waals surface area (Å²) in [7, 11) is 0. The van der Waals surface area contributed by atoms with Crippen LogP contribution in [0.2, 0.25) is 0 Å². The lowest BCUT2D eigenvalue weighted by Crippen LogP contribution is -2.11. The molecule has 0 bridgehead atoms. The Labute approximate surface area is 71.8 Å². The molecular formula is C8H13O4. The van der Waals surface area contributed by atoms with Crippen molar-refractivity contribution in [1.29, 1.82) is 0 Å². The van der Waals surface area contributed by atoms with Crippen molar-refractivity contribution in [3.05, 3.63) is 6.92 Å². The Bertz CT molecular complexity index is 153. The molecule has 0 fully saturated rings. The molecule has 0 rings (SSSR count). The zero-order valence-corrected chi connectivity index (χ0v) is 7.17. The maximum Gasteiger partial charge on any atom is 0.309 e. The van der Waals surface area contributed by atoms with Crippen LogP contribution >= 0.6 is 0 Å². The van der Waals surface area contributed by atoms with Gasteiger partial charge in [0.25, 0.3) is 0 Å². The van der Waals surface area contributed by atoms with E-state index >= 15 is 0 Å². The molecule has 0 aromatic rings. The minimum Gasteiger partial charge on any atom is -0.466 e. The molecule has 0 unspecified atom stereocenters. The highest BCUT2D eigenvalue weighted by atomic mass is 16.5. The van der Waals surface area contributed by atoms with Gasteiger partial charge >= 0.3 is 11.9 Å². The van der Waals surface area contributed by atoms with Crippen molar-refractivity contribution < 1.29 is 19.1 Å². The zero-order chi connectivity index (χ0) is 9.40. The predicted molar refractivity (Wildman–Crippen MR) is 42.2 cm³/mol. The Morgan fingerprint density at radius 2 is 1.92 bits per heavy atom. The lowest BCUT2D eigenvalue weighted by Gasteiger charge is -2.02. The number of carbonyl (C=O) groups excluding carboxylic acids is 2. The van der Waals surface area contributed by atoms with Gasteiger partial charge in [-0.3, -0.25) is 9.59 Å². The third-order valence-electron chi connectivity index (χ3n) is 1.08. The van der Waals surface area contributed by atoms with Gasteiger partial charge in [0.2, 0.25) is 0 Å². The molecule has 0 saturated heterocycles. The van der Waals surface area contributed by atoms with E-state index in [1.807, 2.05) is 0 Å². The molecule has 0 aliphatic rings. The Balaban J connectivity index is 3.30. The number of hydrogen-bond donors (Lipinski definition) is 0. The molecule has 69 valence electrons. The van der Waals surface area contributed by atoms with E-state index in [4.69, 9.17) is 0 Å². The molecule has 0 N–H and O–H groups in total. The molecule has 0 saturated carbocycles. The molecule has 0 atom stereocenters. The van der Waals surface area contributed by atoms with Gasteiger partial charge in [0.1, 0.15) is 6.61 Å². The van der Waals surface area contributed by atoms with Gasteiger partial charge in [-0.15, -0.1) is 0 Å². The van der Waals surface area contributed by atoms with Gasteiger partial charge < -0.3 is 9.47 Å². The van der Waals surface area contributed by atoms with Gasteiger partial charge in [-0.25, -0.2) is 0 Å². The molecule has 0 spiro atoms. The number of rotatable bonds is 5. The first-order chi connectivity index (χ1) is 5.70. The van der Waals surface area contributed by atoms with Crippen molar-refractivity contribution in [3.63, 3.8) is 0 Å². The van der Waals surface area contributed by atoms with Crippen molar-refractivity contribution in [2.45, 2.75) is 19.8 Å². The van der Waals surface area contributed by atoms with Crippen LogP contribution in [-0.2, 0) is 19.1 Å². The summed E-state index contributed by atoms with van der Waals surface area (Å²) in [5.41, 5.74) is 0. The van der Waals surface area contributed by atoms with E-state index < -0.39 is 5.97 Å². The van der Waals surface area contributed by atoms with Gasteiger partial charge in [0, 0.05) is 6.42 Å². The molecule has 1 radical (unpaired) electrons. The van der Waals surface area contributed by atoms with Gasteiger partial charge in [0.05, 0.1) is 13.0 Å². The SMILES string of the molecule is [CH2]CC(=O)OCCC(=O)OCC. The monoisotopic (exact) mass is 173 g/mol. The summed E-state index contributed by atoms with van der Waals surface area (Å²) >= 11 is 0. The fourth-order valence-corrected chi connectivity index (χ4v) is 0.554. The topological polar surface area (TPSA) is 52.6 Å².